The standard InChI is InChI=1S/C22H46O/c1-4-6-8-10-12-14-16-18-20-22(3,23)21-19-17-15-13-11-9-7-5-2/h23H,4-21H2,1-3H3. The first-order chi connectivity index (χ1) is 11.1. The maximum Gasteiger partial charge on any atom is 0.0619 e. The van der Waals surface area contributed by atoms with Crippen molar-refractivity contribution in [1.82, 2.24) is 0 Å². The Kier molecular flexibility index (Phi) is 16.8. The average Bonchev–Trinajstić information content (AvgIpc) is 2.52. The molecule has 1 nitrogen and oxygen atoms in total. The second kappa shape index (κ2) is 16.8. The van der Waals surface area contributed by atoms with Gasteiger partial charge in [-0.05, 0) is 19.8 Å². The van der Waals surface area contributed by atoms with Gasteiger partial charge in [0.2, 0.25) is 0 Å². The van der Waals surface area contributed by atoms with Crippen LogP contribution < -0.4 is 0 Å². The van der Waals surface area contributed by atoms with Gasteiger partial charge >= 0.3 is 0 Å². The van der Waals surface area contributed by atoms with Crippen LogP contribution in [0.3, 0.4) is 0 Å². The summed E-state index contributed by atoms with van der Waals surface area (Å²) in [5, 5.41) is 10.5. The SMILES string of the molecule is CCCCCCCCCCC(C)(O)CCCCCCCCCC. The van der Waals surface area contributed by atoms with E-state index in [0.717, 1.165) is 12.8 Å². The predicted octanol–water partition coefficient (Wildman–Crippen LogP) is 7.80. The Balaban J connectivity index is 3.33. The van der Waals surface area contributed by atoms with E-state index in [1.54, 1.807) is 0 Å². The third-order valence-corrected chi connectivity index (χ3v) is 5.14. The zero-order valence-corrected chi connectivity index (χ0v) is 16.7. The Labute approximate surface area is 147 Å². The Hall–Kier alpha value is -0.0400. The van der Waals surface area contributed by atoms with Crippen LogP contribution in [-0.2, 0) is 0 Å². The fraction of sp³-hybridized carbons (Fsp3) is 1.00. The van der Waals surface area contributed by atoms with Gasteiger partial charge in [0.05, 0.1) is 5.60 Å². The summed E-state index contributed by atoms with van der Waals surface area (Å²) in [5.41, 5.74) is -0.412. The highest BCUT2D eigenvalue weighted by atomic mass is 16.3. The molecular weight excluding hydrogens is 280 g/mol. The number of hydrogen-bond donors (Lipinski definition) is 1. The fourth-order valence-electron chi connectivity index (χ4n) is 3.40. The monoisotopic (exact) mass is 326 g/mol. The Morgan fingerprint density at radius 2 is 0.739 bits per heavy atom. The number of aliphatic hydroxyl groups is 1. The molecule has 0 saturated heterocycles. The molecule has 0 aliphatic rings. The molecule has 0 heterocycles. The predicted molar refractivity (Wildman–Crippen MR) is 105 cm³/mol. The Morgan fingerprint density at radius 1 is 0.478 bits per heavy atom. The molecular formula is C22H46O. The third kappa shape index (κ3) is 18.1. The van der Waals surface area contributed by atoms with Crippen molar-refractivity contribution in [2.45, 2.75) is 142 Å². The molecule has 0 aromatic heterocycles. The molecule has 0 aliphatic carbocycles. The van der Waals surface area contributed by atoms with Crippen molar-refractivity contribution in [3.63, 3.8) is 0 Å². The van der Waals surface area contributed by atoms with E-state index in [4.69, 9.17) is 0 Å². The van der Waals surface area contributed by atoms with Gasteiger partial charge in [-0.2, -0.15) is 0 Å². The average molecular weight is 327 g/mol. The normalized spacial score (nSPS) is 12.0. The highest BCUT2D eigenvalue weighted by Crippen LogP contribution is 2.22. The van der Waals surface area contributed by atoms with E-state index in [9.17, 15) is 5.11 Å². The zero-order chi connectivity index (χ0) is 17.2. The highest BCUT2D eigenvalue weighted by Gasteiger charge is 2.18. The summed E-state index contributed by atoms with van der Waals surface area (Å²) in [7, 11) is 0. The van der Waals surface area contributed by atoms with E-state index < -0.39 is 5.60 Å². The van der Waals surface area contributed by atoms with Crippen LogP contribution in [0.5, 0.6) is 0 Å². The summed E-state index contributed by atoms with van der Waals surface area (Å²) < 4.78 is 0. The lowest BCUT2D eigenvalue weighted by Gasteiger charge is -2.23. The van der Waals surface area contributed by atoms with Crippen molar-refractivity contribution in [1.29, 1.82) is 0 Å². The Morgan fingerprint density at radius 3 is 1.04 bits per heavy atom. The van der Waals surface area contributed by atoms with Gasteiger partial charge in [-0.25, -0.2) is 0 Å². The van der Waals surface area contributed by atoms with Gasteiger partial charge in [-0.15, -0.1) is 0 Å². The first-order valence-corrected chi connectivity index (χ1v) is 10.8. The summed E-state index contributed by atoms with van der Waals surface area (Å²) in [6, 6.07) is 0. The minimum atomic E-state index is -0.412. The van der Waals surface area contributed by atoms with Crippen LogP contribution in [0, 0.1) is 0 Å². The molecule has 0 unspecified atom stereocenters. The van der Waals surface area contributed by atoms with Crippen LogP contribution in [0.4, 0.5) is 0 Å². The van der Waals surface area contributed by atoms with Crippen LogP contribution in [-0.4, -0.2) is 10.7 Å². The molecule has 0 spiro atoms. The van der Waals surface area contributed by atoms with Gasteiger partial charge in [0.25, 0.3) is 0 Å². The maximum absolute atomic E-state index is 10.5. The molecule has 0 saturated carbocycles. The lowest BCUT2D eigenvalue weighted by Crippen LogP contribution is -2.23. The van der Waals surface area contributed by atoms with Gasteiger partial charge < -0.3 is 5.11 Å². The summed E-state index contributed by atoms with van der Waals surface area (Å²) >= 11 is 0. The summed E-state index contributed by atoms with van der Waals surface area (Å²) in [4.78, 5) is 0. The topological polar surface area (TPSA) is 20.2 Å². The van der Waals surface area contributed by atoms with Crippen LogP contribution in [0.25, 0.3) is 0 Å². The van der Waals surface area contributed by atoms with Gasteiger partial charge in [0, 0.05) is 0 Å². The molecule has 0 aromatic rings. The molecule has 1 heteroatoms. The van der Waals surface area contributed by atoms with E-state index >= 15 is 0 Å². The molecule has 0 fully saturated rings. The van der Waals surface area contributed by atoms with E-state index in [2.05, 4.69) is 20.8 Å². The first-order valence-electron chi connectivity index (χ1n) is 10.8. The van der Waals surface area contributed by atoms with Crippen molar-refractivity contribution in [2.24, 2.45) is 0 Å². The highest BCUT2D eigenvalue weighted by molar-refractivity contribution is 4.72. The van der Waals surface area contributed by atoms with E-state index in [-0.39, 0.29) is 0 Å². The quantitative estimate of drug-likeness (QED) is 0.255. The van der Waals surface area contributed by atoms with Gasteiger partial charge in [0.15, 0.2) is 0 Å². The zero-order valence-electron chi connectivity index (χ0n) is 16.7. The van der Waals surface area contributed by atoms with Crippen molar-refractivity contribution in [3.8, 4) is 0 Å². The molecule has 23 heavy (non-hydrogen) atoms. The lowest BCUT2D eigenvalue weighted by molar-refractivity contribution is 0.0366. The second-order valence-electron chi connectivity index (χ2n) is 7.95. The van der Waals surface area contributed by atoms with Crippen molar-refractivity contribution in [2.75, 3.05) is 0 Å². The summed E-state index contributed by atoms with van der Waals surface area (Å²) in [5.74, 6) is 0. The van der Waals surface area contributed by atoms with Gasteiger partial charge in [0.1, 0.15) is 0 Å². The van der Waals surface area contributed by atoms with Gasteiger partial charge in [-0.3, -0.25) is 0 Å². The molecule has 0 aromatic carbocycles. The number of hydrogen-bond acceptors (Lipinski definition) is 1. The van der Waals surface area contributed by atoms with E-state index in [0.29, 0.717) is 0 Å². The summed E-state index contributed by atoms with van der Waals surface area (Å²) in [6.45, 7) is 6.60. The van der Waals surface area contributed by atoms with Crippen molar-refractivity contribution < 1.29 is 5.11 Å². The minimum Gasteiger partial charge on any atom is -0.390 e. The van der Waals surface area contributed by atoms with Crippen LogP contribution in [0.2, 0.25) is 0 Å². The molecule has 0 radical (unpaired) electrons. The van der Waals surface area contributed by atoms with Crippen molar-refractivity contribution >= 4 is 0 Å². The molecule has 1 N–H and O–H groups in total. The first kappa shape index (κ1) is 23.0. The minimum absolute atomic E-state index is 0.412. The third-order valence-electron chi connectivity index (χ3n) is 5.14. The van der Waals surface area contributed by atoms with Crippen molar-refractivity contribution in [3.05, 3.63) is 0 Å². The van der Waals surface area contributed by atoms with Gasteiger partial charge in [-0.1, -0.05) is 117 Å². The number of rotatable bonds is 18. The molecule has 0 rings (SSSR count). The lowest BCUT2D eigenvalue weighted by atomic mass is 9.91. The molecule has 0 bridgehead atoms. The Bertz CT molecular complexity index is 200. The van der Waals surface area contributed by atoms with Crippen LogP contribution in [0.15, 0.2) is 0 Å². The molecule has 0 amide bonds. The number of unbranched alkanes of at least 4 members (excludes halogenated alkanes) is 14. The fourth-order valence-corrected chi connectivity index (χ4v) is 3.40. The second-order valence-corrected chi connectivity index (χ2v) is 7.95. The molecule has 140 valence electrons. The van der Waals surface area contributed by atoms with Crippen LogP contribution in [0.1, 0.15) is 136 Å². The summed E-state index contributed by atoms with van der Waals surface area (Å²) in [6.07, 6.45) is 23.6. The van der Waals surface area contributed by atoms with Crippen LogP contribution >= 0.6 is 0 Å². The maximum atomic E-state index is 10.5. The molecule has 0 atom stereocenters. The largest absolute Gasteiger partial charge is 0.390 e. The smallest absolute Gasteiger partial charge is 0.0619 e. The van der Waals surface area contributed by atoms with E-state index in [1.165, 1.54) is 103 Å². The molecule has 0 aliphatic heterocycles. The van der Waals surface area contributed by atoms with E-state index in [1.807, 2.05) is 0 Å².